The van der Waals surface area contributed by atoms with Crippen LogP contribution in [0, 0.1) is 0 Å². The average molecular weight is 285 g/mol. The Kier molecular flexibility index (Phi) is 4.96. The summed E-state index contributed by atoms with van der Waals surface area (Å²) in [5, 5.41) is 2.83. The van der Waals surface area contributed by atoms with Crippen molar-refractivity contribution in [3.63, 3.8) is 0 Å². The number of amides is 1. The molecule has 0 radical (unpaired) electrons. The predicted octanol–water partition coefficient (Wildman–Crippen LogP) is 3.62. The standard InChI is InChI=1S/C16H15NO2S/c1-12(18)13-7-9-15(10-8-13)20-11-16(19)17-14-5-3-2-4-6-14/h2-10H,11H2,1H3,(H,17,19). The van der Waals surface area contributed by atoms with E-state index in [4.69, 9.17) is 0 Å². The van der Waals surface area contributed by atoms with Crippen molar-refractivity contribution in [2.75, 3.05) is 11.1 Å². The molecular weight excluding hydrogens is 270 g/mol. The van der Waals surface area contributed by atoms with Crippen molar-refractivity contribution >= 4 is 29.1 Å². The third kappa shape index (κ3) is 4.24. The summed E-state index contributed by atoms with van der Waals surface area (Å²) < 4.78 is 0. The van der Waals surface area contributed by atoms with Crippen LogP contribution in [0.5, 0.6) is 0 Å². The van der Waals surface area contributed by atoms with Gasteiger partial charge in [0.05, 0.1) is 5.75 Å². The Bertz CT molecular complexity index is 594. The third-order valence-corrected chi connectivity index (χ3v) is 3.70. The van der Waals surface area contributed by atoms with Crippen LogP contribution in [0.2, 0.25) is 0 Å². The highest BCUT2D eigenvalue weighted by molar-refractivity contribution is 8.00. The quantitative estimate of drug-likeness (QED) is 0.674. The number of hydrogen-bond acceptors (Lipinski definition) is 3. The van der Waals surface area contributed by atoms with E-state index in [9.17, 15) is 9.59 Å². The summed E-state index contributed by atoms with van der Waals surface area (Å²) in [6.45, 7) is 1.54. The second-order valence-corrected chi connectivity index (χ2v) is 5.33. The second-order valence-electron chi connectivity index (χ2n) is 4.28. The molecule has 2 aromatic carbocycles. The molecule has 0 saturated heterocycles. The van der Waals surface area contributed by atoms with Gasteiger partial charge in [-0.1, -0.05) is 30.3 Å². The smallest absolute Gasteiger partial charge is 0.234 e. The lowest BCUT2D eigenvalue weighted by Gasteiger charge is -2.05. The molecule has 0 atom stereocenters. The highest BCUT2D eigenvalue weighted by Gasteiger charge is 2.04. The van der Waals surface area contributed by atoms with Crippen LogP contribution < -0.4 is 5.32 Å². The zero-order valence-electron chi connectivity index (χ0n) is 11.1. The van der Waals surface area contributed by atoms with Crippen molar-refractivity contribution in [1.29, 1.82) is 0 Å². The first-order valence-corrected chi connectivity index (χ1v) is 7.22. The van der Waals surface area contributed by atoms with Gasteiger partial charge in [-0.25, -0.2) is 0 Å². The van der Waals surface area contributed by atoms with Crippen LogP contribution in [0.15, 0.2) is 59.5 Å². The van der Waals surface area contributed by atoms with E-state index in [-0.39, 0.29) is 11.7 Å². The number of nitrogens with one attached hydrogen (secondary N) is 1. The molecule has 2 aromatic rings. The topological polar surface area (TPSA) is 46.2 Å². The number of rotatable bonds is 5. The van der Waals surface area contributed by atoms with Gasteiger partial charge in [0, 0.05) is 16.1 Å². The lowest BCUT2D eigenvalue weighted by atomic mass is 10.2. The minimum atomic E-state index is -0.0446. The average Bonchev–Trinajstić information content (AvgIpc) is 2.46. The fourth-order valence-corrected chi connectivity index (χ4v) is 2.35. The number of Topliss-reactive ketones (excluding diaryl/α,β-unsaturated/α-hetero) is 1. The van der Waals surface area contributed by atoms with Crippen LogP contribution in [-0.4, -0.2) is 17.4 Å². The van der Waals surface area contributed by atoms with E-state index in [1.165, 1.54) is 18.7 Å². The van der Waals surface area contributed by atoms with Crippen molar-refractivity contribution in [2.45, 2.75) is 11.8 Å². The van der Waals surface area contributed by atoms with E-state index >= 15 is 0 Å². The maximum atomic E-state index is 11.8. The van der Waals surface area contributed by atoms with E-state index in [0.717, 1.165) is 10.6 Å². The third-order valence-electron chi connectivity index (χ3n) is 2.69. The van der Waals surface area contributed by atoms with Crippen LogP contribution in [0.4, 0.5) is 5.69 Å². The number of carbonyl (C=O) groups excluding carboxylic acids is 2. The minimum absolute atomic E-state index is 0.0446. The molecule has 1 N–H and O–H groups in total. The summed E-state index contributed by atoms with van der Waals surface area (Å²) in [5.74, 6) is 0.342. The molecule has 0 aliphatic rings. The van der Waals surface area contributed by atoms with Crippen molar-refractivity contribution in [3.8, 4) is 0 Å². The van der Waals surface area contributed by atoms with Crippen LogP contribution in [0.25, 0.3) is 0 Å². The highest BCUT2D eigenvalue weighted by atomic mass is 32.2. The highest BCUT2D eigenvalue weighted by Crippen LogP contribution is 2.19. The molecule has 0 heterocycles. The first-order chi connectivity index (χ1) is 9.65. The van der Waals surface area contributed by atoms with Crippen molar-refractivity contribution in [2.24, 2.45) is 0 Å². The molecule has 0 spiro atoms. The van der Waals surface area contributed by atoms with Crippen molar-refractivity contribution in [1.82, 2.24) is 0 Å². The Morgan fingerprint density at radius 3 is 2.25 bits per heavy atom. The molecule has 0 unspecified atom stereocenters. The Hall–Kier alpha value is -2.07. The zero-order valence-corrected chi connectivity index (χ0v) is 11.9. The monoisotopic (exact) mass is 285 g/mol. The molecule has 4 heteroatoms. The van der Waals surface area contributed by atoms with E-state index < -0.39 is 0 Å². The maximum absolute atomic E-state index is 11.8. The molecule has 0 fully saturated rings. The molecule has 3 nitrogen and oxygen atoms in total. The van der Waals surface area contributed by atoms with Gasteiger partial charge in [0.2, 0.25) is 5.91 Å². The first kappa shape index (κ1) is 14.3. The number of thioether (sulfide) groups is 1. The number of para-hydroxylation sites is 1. The Morgan fingerprint density at radius 2 is 1.65 bits per heavy atom. The predicted molar refractivity (Wildman–Crippen MR) is 82.2 cm³/mol. The lowest BCUT2D eigenvalue weighted by molar-refractivity contribution is -0.113. The van der Waals surface area contributed by atoms with E-state index in [1.807, 2.05) is 42.5 Å². The number of hydrogen-bond donors (Lipinski definition) is 1. The zero-order chi connectivity index (χ0) is 14.4. The summed E-state index contributed by atoms with van der Waals surface area (Å²) in [5.41, 5.74) is 1.48. The summed E-state index contributed by atoms with van der Waals surface area (Å²) in [6, 6.07) is 16.6. The molecule has 0 aliphatic heterocycles. The maximum Gasteiger partial charge on any atom is 0.234 e. The summed E-state index contributed by atoms with van der Waals surface area (Å²) in [6.07, 6.45) is 0. The van der Waals surface area contributed by atoms with Crippen molar-refractivity contribution in [3.05, 3.63) is 60.2 Å². The number of carbonyl (C=O) groups is 2. The van der Waals surface area contributed by atoms with Gasteiger partial charge in [-0.2, -0.15) is 0 Å². The molecule has 2 rings (SSSR count). The van der Waals surface area contributed by atoms with Crippen LogP contribution in [-0.2, 0) is 4.79 Å². The SMILES string of the molecule is CC(=O)c1ccc(SCC(=O)Nc2ccccc2)cc1. The Balaban J connectivity index is 1.85. The normalized spacial score (nSPS) is 10.1. The van der Waals surface area contributed by atoms with Gasteiger partial charge in [-0.15, -0.1) is 11.8 Å². The molecule has 102 valence electrons. The van der Waals surface area contributed by atoms with Gasteiger partial charge in [-0.3, -0.25) is 9.59 Å². The van der Waals surface area contributed by atoms with E-state index in [1.54, 1.807) is 12.1 Å². The molecule has 20 heavy (non-hydrogen) atoms. The Morgan fingerprint density at radius 1 is 1.00 bits per heavy atom. The first-order valence-electron chi connectivity index (χ1n) is 6.24. The Labute approximate surface area is 122 Å². The number of ketones is 1. The lowest BCUT2D eigenvalue weighted by Crippen LogP contribution is -2.13. The fourth-order valence-electron chi connectivity index (χ4n) is 1.65. The molecule has 0 saturated carbocycles. The summed E-state index contributed by atoms with van der Waals surface area (Å²) in [4.78, 5) is 23.9. The summed E-state index contributed by atoms with van der Waals surface area (Å²) in [7, 11) is 0. The molecule has 1 amide bonds. The van der Waals surface area contributed by atoms with Gasteiger partial charge in [0.25, 0.3) is 0 Å². The van der Waals surface area contributed by atoms with Crippen LogP contribution >= 0.6 is 11.8 Å². The number of anilines is 1. The number of benzene rings is 2. The van der Waals surface area contributed by atoms with Gasteiger partial charge < -0.3 is 5.32 Å². The van der Waals surface area contributed by atoms with Gasteiger partial charge in [0.15, 0.2) is 5.78 Å². The van der Waals surface area contributed by atoms with Gasteiger partial charge in [-0.05, 0) is 31.2 Å². The molecule has 0 aromatic heterocycles. The van der Waals surface area contributed by atoms with Gasteiger partial charge in [0.1, 0.15) is 0 Å². The minimum Gasteiger partial charge on any atom is -0.325 e. The van der Waals surface area contributed by atoms with Crippen molar-refractivity contribution < 1.29 is 9.59 Å². The largest absolute Gasteiger partial charge is 0.325 e. The van der Waals surface area contributed by atoms with E-state index in [2.05, 4.69) is 5.32 Å². The van der Waals surface area contributed by atoms with Crippen LogP contribution in [0.3, 0.4) is 0 Å². The molecule has 0 bridgehead atoms. The second kappa shape index (κ2) is 6.91. The van der Waals surface area contributed by atoms with Gasteiger partial charge >= 0.3 is 0 Å². The molecular formula is C16H15NO2S. The molecule has 0 aliphatic carbocycles. The van der Waals surface area contributed by atoms with E-state index in [0.29, 0.717) is 11.3 Å². The summed E-state index contributed by atoms with van der Waals surface area (Å²) >= 11 is 1.44. The fraction of sp³-hybridized carbons (Fsp3) is 0.125. The van der Waals surface area contributed by atoms with Crippen LogP contribution in [0.1, 0.15) is 17.3 Å².